The minimum Gasteiger partial charge on any atom is -0.324 e. The fourth-order valence-electron chi connectivity index (χ4n) is 2.66. The first-order valence-corrected chi connectivity index (χ1v) is 10.3. The van der Waals surface area contributed by atoms with E-state index in [2.05, 4.69) is 29.2 Å². The molecule has 0 unspecified atom stereocenters. The Bertz CT molecular complexity index is 1060. The van der Waals surface area contributed by atoms with E-state index in [-0.39, 0.29) is 17.2 Å². The summed E-state index contributed by atoms with van der Waals surface area (Å²) >= 11 is 7.31. The molecule has 2 heterocycles. The molecule has 148 valence electrons. The number of amides is 1. The summed E-state index contributed by atoms with van der Waals surface area (Å²) in [7, 11) is 1.75. The SMILES string of the molecule is CC(C)CCn1c(SCC(=O)Nc2ccccc2Cl)nc2cn(C)nc2c1=O. The van der Waals surface area contributed by atoms with E-state index in [1.54, 1.807) is 46.8 Å². The van der Waals surface area contributed by atoms with Crippen LogP contribution in [0.5, 0.6) is 0 Å². The molecule has 3 rings (SSSR count). The number of benzene rings is 1. The maximum absolute atomic E-state index is 12.9. The summed E-state index contributed by atoms with van der Waals surface area (Å²) in [6.07, 6.45) is 2.54. The molecule has 7 nitrogen and oxygen atoms in total. The van der Waals surface area contributed by atoms with Gasteiger partial charge in [-0.25, -0.2) is 4.98 Å². The van der Waals surface area contributed by atoms with Gasteiger partial charge in [0.15, 0.2) is 10.7 Å². The molecule has 9 heteroatoms. The second kappa shape index (κ2) is 8.79. The monoisotopic (exact) mass is 419 g/mol. The van der Waals surface area contributed by atoms with Gasteiger partial charge in [-0.3, -0.25) is 18.8 Å². The lowest BCUT2D eigenvalue weighted by atomic mass is 10.1. The molecule has 0 bridgehead atoms. The molecule has 1 N–H and O–H groups in total. The van der Waals surface area contributed by atoms with Crippen LogP contribution in [0.2, 0.25) is 5.02 Å². The molecule has 0 atom stereocenters. The van der Waals surface area contributed by atoms with Crippen molar-refractivity contribution in [1.29, 1.82) is 0 Å². The number of carbonyl (C=O) groups is 1. The largest absolute Gasteiger partial charge is 0.324 e. The Kier molecular flexibility index (Phi) is 6.41. The first-order valence-electron chi connectivity index (χ1n) is 8.96. The highest BCUT2D eigenvalue weighted by Crippen LogP contribution is 2.22. The number of para-hydroxylation sites is 1. The number of anilines is 1. The highest BCUT2D eigenvalue weighted by Gasteiger charge is 2.16. The number of nitrogens with zero attached hydrogens (tertiary/aromatic N) is 4. The average molecular weight is 420 g/mol. The molecule has 0 aliphatic carbocycles. The van der Waals surface area contributed by atoms with Crippen molar-refractivity contribution in [2.75, 3.05) is 11.1 Å². The maximum atomic E-state index is 12.9. The number of carbonyl (C=O) groups excluding carboxylic acids is 1. The third-order valence-electron chi connectivity index (χ3n) is 4.11. The van der Waals surface area contributed by atoms with Crippen molar-refractivity contribution in [2.24, 2.45) is 13.0 Å². The number of nitrogens with one attached hydrogen (secondary N) is 1. The lowest BCUT2D eigenvalue weighted by Crippen LogP contribution is -2.25. The van der Waals surface area contributed by atoms with Gasteiger partial charge >= 0.3 is 0 Å². The third kappa shape index (κ3) is 4.74. The van der Waals surface area contributed by atoms with Crippen LogP contribution >= 0.6 is 23.4 Å². The Morgan fingerprint density at radius 2 is 2.07 bits per heavy atom. The predicted molar refractivity (Wildman–Crippen MR) is 113 cm³/mol. The van der Waals surface area contributed by atoms with Crippen molar-refractivity contribution < 1.29 is 4.79 Å². The van der Waals surface area contributed by atoms with Crippen LogP contribution in [-0.2, 0) is 18.4 Å². The second-order valence-corrected chi connectivity index (χ2v) is 8.24. The Morgan fingerprint density at radius 3 is 2.79 bits per heavy atom. The molecule has 28 heavy (non-hydrogen) atoms. The average Bonchev–Trinajstić information content (AvgIpc) is 3.02. The van der Waals surface area contributed by atoms with Gasteiger partial charge in [-0.1, -0.05) is 49.3 Å². The van der Waals surface area contributed by atoms with Crippen LogP contribution in [0.4, 0.5) is 5.69 Å². The Labute approximate surface area is 172 Å². The summed E-state index contributed by atoms with van der Waals surface area (Å²) in [5.41, 5.74) is 1.25. The third-order valence-corrected chi connectivity index (χ3v) is 5.42. The van der Waals surface area contributed by atoms with E-state index in [4.69, 9.17) is 11.6 Å². The van der Waals surface area contributed by atoms with Crippen LogP contribution in [0.1, 0.15) is 20.3 Å². The summed E-state index contributed by atoms with van der Waals surface area (Å²) in [4.78, 5) is 29.8. The van der Waals surface area contributed by atoms with E-state index >= 15 is 0 Å². The van der Waals surface area contributed by atoms with Gasteiger partial charge in [0.1, 0.15) is 5.52 Å². The van der Waals surface area contributed by atoms with E-state index < -0.39 is 0 Å². The molecule has 1 amide bonds. The fourth-order valence-corrected chi connectivity index (χ4v) is 3.67. The molecule has 1 aromatic carbocycles. The van der Waals surface area contributed by atoms with Crippen molar-refractivity contribution in [2.45, 2.75) is 32.0 Å². The van der Waals surface area contributed by atoms with Crippen molar-refractivity contribution in [1.82, 2.24) is 19.3 Å². The van der Waals surface area contributed by atoms with E-state index in [9.17, 15) is 9.59 Å². The summed E-state index contributed by atoms with van der Waals surface area (Å²) in [6.45, 7) is 4.73. The number of hydrogen-bond donors (Lipinski definition) is 1. The summed E-state index contributed by atoms with van der Waals surface area (Å²) in [5.74, 6) is 0.340. The van der Waals surface area contributed by atoms with Gasteiger partial charge in [-0.05, 0) is 24.5 Å². The van der Waals surface area contributed by atoms with E-state index in [0.29, 0.717) is 39.4 Å². The number of fused-ring (bicyclic) bond motifs is 1. The highest BCUT2D eigenvalue weighted by atomic mass is 35.5. The topological polar surface area (TPSA) is 81.8 Å². The van der Waals surface area contributed by atoms with E-state index in [0.717, 1.165) is 6.42 Å². The van der Waals surface area contributed by atoms with Gasteiger partial charge in [0, 0.05) is 13.6 Å². The molecular formula is C19H22ClN5O2S. The van der Waals surface area contributed by atoms with Crippen LogP contribution < -0.4 is 10.9 Å². The Hall–Kier alpha value is -2.32. The number of thioether (sulfide) groups is 1. The van der Waals surface area contributed by atoms with E-state index in [1.165, 1.54) is 11.8 Å². The van der Waals surface area contributed by atoms with Crippen molar-refractivity contribution >= 4 is 46.0 Å². The van der Waals surface area contributed by atoms with Gasteiger partial charge in [-0.2, -0.15) is 5.10 Å². The molecule has 0 spiro atoms. The van der Waals surface area contributed by atoms with Gasteiger partial charge in [-0.15, -0.1) is 0 Å². The molecular weight excluding hydrogens is 398 g/mol. The minimum absolute atomic E-state index is 0.116. The lowest BCUT2D eigenvalue weighted by Gasteiger charge is -2.13. The van der Waals surface area contributed by atoms with Gasteiger partial charge < -0.3 is 5.32 Å². The molecule has 0 saturated carbocycles. The van der Waals surface area contributed by atoms with Crippen LogP contribution in [0.3, 0.4) is 0 Å². The molecule has 0 aliphatic rings. The summed E-state index contributed by atoms with van der Waals surface area (Å²) < 4.78 is 3.19. The number of aromatic nitrogens is 4. The number of rotatable bonds is 7. The van der Waals surface area contributed by atoms with Crippen LogP contribution in [0, 0.1) is 5.92 Å². The number of halogens is 1. The van der Waals surface area contributed by atoms with Gasteiger partial charge in [0.2, 0.25) is 5.91 Å². The zero-order valence-corrected chi connectivity index (χ0v) is 17.5. The predicted octanol–water partition coefficient (Wildman–Crippen LogP) is 3.56. The molecule has 3 aromatic rings. The van der Waals surface area contributed by atoms with Crippen molar-refractivity contribution in [3.63, 3.8) is 0 Å². The number of aryl methyl sites for hydroxylation is 1. The lowest BCUT2D eigenvalue weighted by molar-refractivity contribution is -0.113. The zero-order valence-electron chi connectivity index (χ0n) is 16.0. The molecule has 2 aromatic heterocycles. The number of hydrogen-bond acceptors (Lipinski definition) is 5. The standard InChI is InChI=1S/C19H22ClN5O2S/c1-12(2)8-9-25-18(27)17-15(10-24(3)23-17)22-19(25)28-11-16(26)21-14-7-5-4-6-13(14)20/h4-7,10,12H,8-9,11H2,1-3H3,(H,21,26). The van der Waals surface area contributed by atoms with E-state index in [1.807, 2.05) is 0 Å². The Morgan fingerprint density at radius 1 is 1.32 bits per heavy atom. The summed E-state index contributed by atoms with van der Waals surface area (Å²) in [6, 6.07) is 7.05. The first kappa shape index (κ1) is 20.4. The maximum Gasteiger partial charge on any atom is 0.282 e. The van der Waals surface area contributed by atoms with Crippen molar-refractivity contribution in [3.8, 4) is 0 Å². The van der Waals surface area contributed by atoms with Crippen LogP contribution in [0.15, 0.2) is 40.4 Å². The normalized spacial score (nSPS) is 11.3. The summed E-state index contributed by atoms with van der Waals surface area (Å²) in [5, 5.41) is 7.99. The molecule has 0 fully saturated rings. The smallest absolute Gasteiger partial charge is 0.282 e. The fraction of sp³-hybridized carbons (Fsp3) is 0.368. The molecule has 0 radical (unpaired) electrons. The van der Waals surface area contributed by atoms with Crippen LogP contribution in [-0.4, -0.2) is 31.0 Å². The zero-order chi connectivity index (χ0) is 20.3. The second-order valence-electron chi connectivity index (χ2n) is 6.89. The minimum atomic E-state index is -0.214. The quantitative estimate of drug-likeness (QED) is 0.467. The van der Waals surface area contributed by atoms with Gasteiger partial charge in [0.05, 0.1) is 22.7 Å². The van der Waals surface area contributed by atoms with Crippen LogP contribution in [0.25, 0.3) is 11.0 Å². The van der Waals surface area contributed by atoms with Crippen molar-refractivity contribution in [3.05, 3.63) is 45.8 Å². The highest BCUT2D eigenvalue weighted by molar-refractivity contribution is 7.99. The molecule has 0 saturated heterocycles. The Balaban J connectivity index is 1.82. The first-order chi connectivity index (χ1) is 13.3. The van der Waals surface area contributed by atoms with Gasteiger partial charge in [0.25, 0.3) is 5.56 Å². The molecule has 0 aliphatic heterocycles.